The van der Waals surface area contributed by atoms with E-state index in [0.29, 0.717) is 6.04 Å². The Kier molecular flexibility index (Phi) is 3.50. The molecule has 1 N–H and O–H groups in total. The van der Waals surface area contributed by atoms with Crippen LogP contribution in [0.25, 0.3) is 0 Å². The second kappa shape index (κ2) is 4.94. The molecule has 0 aromatic heterocycles. The number of rotatable bonds is 3. The van der Waals surface area contributed by atoms with Crippen LogP contribution in [0, 0.1) is 3.57 Å². The van der Waals surface area contributed by atoms with Gasteiger partial charge in [0.2, 0.25) is 0 Å². The van der Waals surface area contributed by atoms with Gasteiger partial charge < -0.3 is 10.2 Å². The van der Waals surface area contributed by atoms with Crippen LogP contribution in [0.5, 0.6) is 0 Å². The predicted molar refractivity (Wildman–Crippen MR) is 80.9 cm³/mol. The van der Waals surface area contributed by atoms with Crippen LogP contribution in [-0.4, -0.2) is 25.2 Å². The van der Waals surface area contributed by atoms with Gasteiger partial charge in [-0.2, -0.15) is 0 Å². The highest BCUT2D eigenvalue weighted by atomic mass is 127. The maximum Gasteiger partial charge on any atom is 0.0503 e. The van der Waals surface area contributed by atoms with E-state index in [2.05, 4.69) is 38.9 Å². The Hall–Kier alpha value is -0.000000000000000111. The van der Waals surface area contributed by atoms with Crippen molar-refractivity contribution in [3.05, 3.63) is 26.8 Å². The van der Waals surface area contributed by atoms with E-state index in [4.69, 9.17) is 11.6 Å². The van der Waals surface area contributed by atoms with Crippen LogP contribution in [0.1, 0.15) is 19.3 Å². The van der Waals surface area contributed by atoms with E-state index in [-0.39, 0.29) is 0 Å². The molecule has 0 amide bonds. The first-order chi connectivity index (χ1) is 8.22. The van der Waals surface area contributed by atoms with Crippen LogP contribution < -0.4 is 10.2 Å². The molecule has 2 nitrogen and oxygen atoms in total. The first kappa shape index (κ1) is 12.1. The molecular formula is C13H16ClIN2. The third-order valence-electron chi connectivity index (χ3n) is 3.49. The molecule has 1 heterocycles. The second-order valence-electron chi connectivity index (χ2n) is 4.97. The molecular weight excluding hydrogens is 347 g/mol. The monoisotopic (exact) mass is 362 g/mol. The van der Waals surface area contributed by atoms with E-state index < -0.39 is 0 Å². The van der Waals surface area contributed by atoms with E-state index in [1.54, 1.807) is 0 Å². The van der Waals surface area contributed by atoms with E-state index in [0.717, 1.165) is 24.2 Å². The summed E-state index contributed by atoms with van der Waals surface area (Å²) in [7, 11) is 0. The zero-order valence-corrected chi connectivity index (χ0v) is 12.5. The van der Waals surface area contributed by atoms with Gasteiger partial charge in [0.1, 0.15) is 0 Å². The topological polar surface area (TPSA) is 15.3 Å². The predicted octanol–water partition coefficient (Wildman–Crippen LogP) is 3.28. The number of nitrogens with zero attached hydrogens (tertiary/aromatic N) is 1. The van der Waals surface area contributed by atoms with Gasteiger partial charge in [-0.25, -0.2) is 0 Å². The maximum absolute atomic E-state index is 5.99. The standard InChI is InChI=1S/C13H16ClIN2/c14-9-1-4-13(12(15)7-9)17-6-5-11(8-17)16-10-2-3-10/h1,4,7,10-11,16H,2-3,5-6,8H2. The lowest BCUT2D eigenvalue weighted by Crippen LogP contribution is -2.34. The van der Waals surface area contributed by atoms with Crippen LogP contribution in [0.3, 0.4) is 0 Å². The molecule has 0 radical (unpaired) electrons. The molecule has 1 unspecified atom stereocenters. The normalized spacial score (nSPS) is 24.4. The van der Waals surface area contributed by atoms with Crippen LogP contribution >= 0.6 is 34.2 Å². The van der Waals surface area contributed by atoms with Gasteiger partial charge in [0.25, 0.3) is 0 Å². The van der Waals surface area contributed by atoms with Gasteiger partial charge in [0.05, 0.1) is 5.69 Å². The molecule has 0 spiro atoms. The summed E-state index contributed by atoms with van der Waals surface area (Å²) in [4.78, 5) is 2.47. The molecule has 1 aromatic rings. The largest absolute Gasteiger partial charge is 0.369 e. The van der Waals surface area contributed by atoms with Crippen molar-refractivity contribution in [2.45, 2.75) is 31.3 Å². The molecule has 1 aliphatic carbocycles. The van der Waals surface area contributed by atoms with Crippen LogP contribution in [0.2, 0.25) is 5.02 Å². The zero-order valence-electron chi connectivity index (χ0n) is 9.63. The Morgan fingerprint density at radius 1 is 1.24 bits per heavy atom. The minimum absolute atomic E-state index is 0.675. The lowest BCUT2D eigenvalue weighted by Gasteiger charge is -2.20. The highest BCUT2D eigenvalue weighted by Gasteiger charge is 2.29. The minimum Gasteiger partial charge on any atom is -0.369 e. The Balaban J connectivity index is 1.68. The van der Waals surface area contributed by atoms with Crippen molar-refractivity contribution in [1.29, 1.82) is 0 Å². The van der Waals surface area contributed by atoms with Crippen molar-refractivity contribution >= 4 is 39.9 Å². The fourth-order valence-corrected chi connectivity index (χ4v) is 3.65. The molecule has 1 aromatic carbocycles. The summed E-state index contributed by atoms with van der Waals surface area (Å²) in [6, 6.07) is 7.65. The summed E-state index contributed by atoms with van der Waals surface area (Å²) >= 11 is 8.37. The van der Waals surface area contributed by atoms with Gasteiger partial charge in [-0.15, -0.1) is 0 Å². The van der Waals surface area contributed by atoms with Gasteiger partial charge in [0, 0.05) is 33.8 Å². The fourth-order valence-electron chi connectivity index (χ4n) is 2.44. The minimum atomic E-state index is 0.675. The SMILES string of the molecule is Clc1ccc(N2CCC(NC3CC3)C2)c(I)c1. The molecule has 2 fully saturated rings. The van der Waals surface area contributed by atoms with E-state index >= 15 is 0 Å². The van der Waals surface area contributed by atoms with Crippen LogP contribution in [0.4, 0.5) is 5.69 Å². The van der Waals surface area contributed by atoms with Crippen molar-refractivity contribution in [3.8, 4) is 0 Å². The number of nitrogens with one attached hydrogen (secondary N) is 1. The average molecular weight is 363 g/mol. The van der Waals surface area contributed by atoms with Crippen molar-refractivity contribution in [1.82, 2.24) is 5.32 Å². The van der Waals surface area contributed by atoms with E-state index in [9.17, 15) is 0 Å². The summed E-state index contributed by atoms with van der Waals surface area (Å²) in [6.07, 6.45) is 4.00. The first-order valence-corrected chi connectivity index (χ1v) is 7.64. The van der Waals surface area contributed by atoms with Gasteiger partial charge in [-0.05, 0) is 60.1 Å². The second-order valence-corrected chi connectivity index (χ2v) is 6.57. The molecule has 1 saturated carbocycles. The van der Waals surface area contributed by atoms with Gasteiger partial charge in [-0.1, -0.05) is 11.6 Å². The lowest BCUT2D eigenvalue weighted by molar-refractivity contribution is 0.548. The fraction of sp³-hybridized carbons (Fsp3) is 0.538. The van der Waals surface area contributed by atoms with Gasteiger partial charge in [0.15, 0.2) is 0 Å². The molecule has 17 heavy (non-hydrogen) atoms. The van der Waals surface area contributed by atoms with Crippen molar-refractivity contribution in [2.24, 2.45) is 0 Å². The zero-order chi connectivity index (χ0) is 11.8. The maximum atomic E-state index is 5.99. The highest BCUT2D eigenvalue weighted by Crippen LogP contribution is 2.29. The molecule has 3 rings (SSSR count). The molecule has 2 aliphatic rings. The molecule has 0 bridgehead atoms. The lowest BCUT2D eigenvalue weighted by atomic mass is 10.2. The summed E-state index contributed by atoms with van der Waals surface area (Å²) in [5.41, 5.74) is 1.33. The Bertz CT molecular complexity index is 420. The first-order valence-electron chi connectivity index (χ1n) is 6.18. The number of anilines is 1. The van der Waals surface area contributed by atoms with E-state index in [1.807, 2.05) is 12.1 Å². The van der Waals surface area contributed by atoms with Crippen molar-refractivity contribution in [3.63, 3.8) is 0 Å². The van der Waals surface area contributed by atoms with Gasteiger partial charge >= 0.3 is 0 Å². The van der Waals surface area contributed by atoms with Crippen molar-refractivity contribution < 1.29 is 0 Å². The number of benzene rings is 1. The van der Waals surface area contributed by atoms with Crippen LogP contribution in [-0.2, 0) is 0 Å². The highest BCUT2D eigenvalue weighted by molar-refractivity contribution is 14.1. The smallest absolute Gasteiger partial charge is 0.0503 e. The molecule has 1 aliphatic heterocycles. The number of hydrogen-bond acceptors (Lipinski definition) is 2. The molecule has 1 saturated heterocycles. The third-order valence-corrected chi connectivity index (χ3v) is 4.59. The molecule has 1 atom stereocenters. The summed E-state index contributed by atoms with van der Waals surface area (Å²) < 4.78 is 1.25. The summed E-state index contributed by atoms with van der Waals surface area (Å²) in [5.74, 6) is 0. The molecule has 92 valence electrons. The summed E-state index contributed by atoms with van der Waals surface area (Å²) in [5, 5.41) is 4.54. The average Bonchev–Trinajstić information content (AvgIpc) is 2.96. The number of hydrogen-bond donors (Lipinski definition) is 1. The Morgan fingerprint density at radius 2 is 2.06 bits per heavy atom. The summed E-state index contributed by atoms with van der Waals surface area (Å²) in [6.45, 7) is 2.29. The Morgan fingerprint density at radius 3 is 2.76 bits per heavy atom. The quantitative estimate of drug-likeness (QED) is 0.830. The Labute approximate surface area is 121 Å². The third kappa shape index (κ3) is 2.88. The van der Waals surface area contributed by atoms with E-state index in [1.165, 1.54) is 28.5 Å². The molecule has 4 heteroatoms. The van der Waals surface area contributed by atoms with Gasteiger partial charge in [-0.3, -0.25) is 0 Å². The van der Waals surface area contributed by atoms with Crippen LogP contribution in [0.15, 0.2) is 18.2 Å². The van der Waals surface area contributed by atoms with Crippen molar-refractivity contribution in [2.75, 3.05) is 18.0 Å². The number of halogens is 2.